The predicted octanol–water partition coefficient (Wildman–Crippen LogP) is 0.644. The minimum Gasteiger partial charge on any atom is -0.428 e. The number of likely N-dealkylation sites (N-methyl/N-ethyl adjacent to an activating group) is 1. The molecule has 8 heteroatoms. The number of nitrogens with zero attached hydrogens (tertiary/aromatic N) is 2. The normalized spacial score (nSPS) is 31.0. The Labute approximate surface area is 160 Å². The first kappa shape index (κ1) is 20.1. The van der Waals surface area contributed by atoms with Crippen LogP contribution in [0.5, 0.6) is 0 Å². The van der Waals surface area contributed by atoms with E-state index < -0.39 is 36.0 Å². The molecule has 0 radical (unpaired) electrons. The largest absolute Gasteiger partial charge is 0.428 e. The Morgan fingerprint density at radius 3 is 2.15 bits per heavy atom. The van der Waals surface area contributed by atoms with Gasteiger partial charge in [0.25, 0.3) is 0 Å². The maximum absolute atomic E-state index is 13.1. The highest BCUT2D eigenvalue weighted by atomic mass is 16.7. The van der Waals surface area contributed by atoms with Crippen molar-refractivity contribution in [1.29, 1.82) is 0 Å². The molecule has 152 valence electrons. The maximum Gasteiger partial charge on any atom is 0.315 e. The summed E-state index contributed by atoms with van der Waals surface area (Å²) in [4.78, 5) is 41.5. The zero-order chi connectivity index (χ0) is 19.8. The molecule has 1 amide bonds. The fraction of sp³-hybridized carbons (Fsp3) is 0.842. The van der Waals surface area contributed by atoms with Gasteiger partial charge in [-0.1, -0.05) is 0 Å². The molecule has 4 atom stereocenters. The minimum absolute atomic E-state index is 0.0241. The molecule has 2 bridgehead atoms. The van der Waals surface area contributed by atoms with E-state index in [4.69, 9.17) is 14.2 Å². The fourth-order valence-corrected chi connectivity index (χ4v) is 3.98. The Balaban J connectivity index is 1.60. The van der Waals surface area contributed by atoms with Gasteiger partial charge in [0.05, 0.1) is 29.5 Å². The topological polar surface area (TPSA) is 85.4 Å². The third-order valence-corrected chi connectivity index (χ3v) is 5.65. The van der Waals surface area contributed by atoms with Crippen LogP contribution in [0.15, 0.2) is 0 Å². The van der Waals surface area contributed by atoms with Crippen LogP contribution in [0.1, 0.15) is 33.6 Å². The van der Waals surface area contributed by atoms with Gasteiger partial charge in [0, 0.05) is 26.2 Å². The number of hydrogen-bond acceptors (Lipinski definition) is 7. The van der Waals surface area contributed by atoms with E-state index in [2.05, 4.69) is 4.90 Å². The smallest absolute Gasteiger partial charge is 0.315 e. The predicted molar refractivity (Wildman–Crippen MR) is 95.5 cm³/mol. The van der Waals surface area contributed by atoms with Crippen LogP contribution in [-0.4, -0.2) is 79.9 Å². The summed E-state index contributed by atoms with van der Waals surface area (Å²) in [5.74, 6) is -2.10. The van der Waals surface area contributed by atoms with E-state index in [1.165, 1.54) is 0 Å². The second-order valence-electron chi connectivity index (χ2n) is 8.73. The summed E-state index contributed by atoms with van der Waals surface area (Å²) in [6, 6.07) is 0. The first-order valence-corrected chi connectivity index (χ1v) is 9.65. The average molecular weight is 382 g/mol. The van der Waals surface area contributed by atoms with Crippen LogP contribution in [0.25, 0.3) is 0 Å². The second-order valence-corrected chi connectivity index (χ2v) is 8.73. The van der Waals surface area contributed by atoms with E-state index in [-0.39, 0.29) is 18.1 Å². The summed E-state index contributed by atoms with van der Waals surface area (Å²) in [5, 5.41) is 0. The van der Waals surface area contributed by atoms with Crippen LogP contribution < -0.4 is 0 Å². The van der Waals surface area contributed by atoms with Gasteiger partial charge >= 0.3 is 11.9 Å². The molecule has 27 heavy (non-hydrogen) atoms. The highest BCUT2D eigenvalue weighted by molar-refractivity contribution is 5.87. The van der Waals surface area contributed by atoms with Crippen LogP contribution in [0, 0.1) is 17.3 Å². The highest BCUT2D eigenvalue weighted by Gasteiger charge is 2.57. The van der Waals surface area contributed by atoms with E-state index in [9.17, 15) is 14.4 Å². The number of carbonyl (C=O) groups is 3. The highest BCUT2D eigenvalue weighted by Crippen LogP contribution is 2.45. The van der Waals surface area contributed by atoms with E-state index >= 15 is 0 Å². The van der Waals surface area contributed by atoms with Crippen LogP contribution in [0.2, 0.25) is 0 Å². The molecule has 0 spiro atoms. The first-order valence-electron chi connectivity index (χ1n) is 9.65. The van der Waals surface area contributed by atoms with Crippen molar-refractivity contribution in [3.8, 4) is 0 Å². The first-order chi connectivity index (χ1) is 12.7. The van der Waals surface area contributed by atoms with Crippen molar-refractivity contribution < 1.29 is 28.6 Å². The summed E-state index contributed by atoms with van der Waals surface area (Å²) < 4.78 is 16.1. The monoisotopic (exact) mass is 382 g/mol. The van der Waals surface area contributed by atoms with Gasteiger partial charge < -0.3 is 24.0 Å². The molecule has 0 N–H and O–H groups in total. The Hall–Kier alpha value is -1.67. The molecular formula is C19H30N2O6. The minimum atomic E-state index is -0.665. The van der Waals surface area contributed by atoms with Crippen molar-refractivity contribution in [2.45, 2.75) is 45.8 Å². The van der Waals surface area contributed by atoms with Gasteiger partial charge in [-0.25, -0.2) is 0 Å². The summed E-state index contributed by atoms with van der Waals surface area (Å²) in [6.45, 7) is 7.72. The zero-order valence-electron chi connectivity index (χ0n) is 16.6. The standard InChI is InChI=1S/C19H30N2O6/c1-19(2,3)18(24)26-11-25-17(23)15-13-6-5-12(27-13)14(15)16(22)21-9-7-20(4)8-10-21/h12-15H,5-11H2,1-4H3/t12-,13+,14?,15+/m0/s1. The number of amides is 1. The molecule has 0 aromatic carbocycles. The third-order valence-electron chi connectivity index (χ3n) is 5.65. The Morgan fingerprint density at radius 1 is 0.963 bits per heavy atom. The molecule has 0 saturated carbocycles. The third kappa shape index (κ3) is 4.27. The molecule has 3 saturated heterocycles. The number of hydrogen-bond donors (Lipinski definition) is 0. The Morgan fingerprint density at radius 2 is 1.56 bits per heavy atom. The van der Waals surface area contributed by atoms with Gasteiger partial charge in [0.15, 0.2) is 0 Å². The zero-order valence-corrected chi connectivity index (χ0v) is 16.6. The molecule has 1 unspecified atom stereocenters. The van der Waals surface area contributed by atoms with Crippen LogP contribution in [0.4, 0.5) is 0 Å². The van der Waals surface area contributed by atoms with Crippen molar-refractivity contribution in [2.24, 2.45) is 17.3 Å². The summed E-state index contributed by atoms with van der Waals surface area (Å²) in [5.41, 5.74) is -0.665. The number of fused-ring (bicyclic) bond motifs is 2. The SMILES string of the molecule is CN1CCN(C(=O)C2[C@@H]3CC[C@@H](O3)[C@H]2C(=O)OCOC(=O)C(C)(C)C)CC1. The molecule has 0 aromatic heterocycles. The summed E-state index contributed by atoms with van der Waals surface area (Å²) in [6.07, 6.45) is 1.02. The molecule has 0 aliphatic carbocycles. The van der Waals surface area contributed by atoms with Gasteiger partial charge in [-0.3, -0.25) is 14.4 Å². The fourth-order valence-electron chi connectivity index (χ4n) is 3.98. The van der Waals surface area contributed by atoms with Crippen LogP contribution in [-0.2, 0) is 28.6 Å². The average Bonchev–Trinajstić information content (AvgIpc) is 3.22. The lowest BCUT2D eigenvalue weighted by molar-refractivity contribution is -0.178. The Kier molecular flexibility index (Phi) is 5.76. The molecule has 3 aliphatic heterocycles. The molecule has 3 rings (SSSR count). The van der Waals surface area contributed by atoms with E-state index in [0.29, 0.717) is 13.1 Å². The van der Waals surface area contributed by atoms with Gasteiger partial charge in [0.2, 0.25) is 12.7 Å². The van der Waals surface area contributed by atoms with Crippen molar-refractivity contribution in [3.05, 3.63) is 0 Å². The lowest BCUT2D eigenvalue weighted by Crippen LogP contribution is -2.52. The second kappa shape index (κ2) is 7.75. The van der Waals surface area contributed by atoms with Crippen molar-refractivity contribution in [2.75, 3.05) is 40.0 Å². The van der Waals surface area contributed by atoms with Gasteiger partial charge in [-0.05, 0) is 40.7 Å². The molecule has 3 heterocycles. The van der Waals surface area contributed by atoms with Crippen molar-refractivity contribution in [3.63, 3.8) is 0 Å². The van der Waals surface area contributed by atoms with E-state index in [1.54, 1.807) is 20.8 Å². The molecule has 3 fully saturated rings. The van der Waals surface area contributed by atoms with Crippen LogP contribution >= 0.6 is 0 Å². The van der Waals surface area contributed by atoms with Gasteiger partial charge in [-0.15, -0.1) is 0 Å². The number of carbonyl (C=O) groups excluding carboxylic acids is 3. The number of rotatable bonds is 4. The number of esters is 2. The molecular weight excluding hydrogens is 352 g/mol. The molecule has 0 aromatic rings. The lowest BCUT2D eigenvalue weighted by atomic mass is 9.78. The van der Waals surface area contributed by atoms with Crippen molar-refractivity contribution >= 4 is 17.8 Å². The molecule has 3 aliphatic rings. The van der Waals surface area contributed by atoms with Crippen LogP contribution in [0.3, 0.4) is 0 Å². The molecule has 8 nitrogen and oxygen atoms in total. The number of piperazine rings is 1. The van der Waals surface area contributed by atoms with Gasteiger partial charge in [-0.2, -0.15) is 0 Å². The van der Waals surface area contributed by atoms with Gasteiger partial charge in [0.1, 0.15) is 0 Å². The maximum atomic E-state index is 13.1. The van der Waals surface area contributed by atoms with E-state index in [0.717, 1.165) is 25.9 Å². The Bertz CT molecular complexity index is 593. The van der Waals surface area contributed by atoms with Crippen molar-refractivity contribution in [1.82, 2.24) is 9.80 Å². The lowest BCUT2D eigenvalue weighted by Gasteiger charge is -2.36. The quantitative estimate of drug-likeness (QED) is 0.521. The summed E-state index contributed by atoms with van der Waals surface area (Å²) >= 11 is 0. The van der Waals surface area contributed by atoms with E-state index in [1.807, 2.05) is 11.9 Å². The summed E-state index contributed by atoms with van der Waals surface area (Å²) in [7, 11) is 2.03. The number of ether oxygens (including phenoxy) is 3.